The minimum Gasteiger partial charge on any atom is -0.494 e. The van der Waals surface area contributed by atoms with Crippen LogP contribution in [0.15, 0.2) is 42.6 Å². The lowest BCUT2D eigenvalue weighted by molar-refractivity contribution is 0.340. The number of nitrogens with one attached hydrogen (secondary N) is 1. The lowest BCUT2D eigenvalue weighted by Crippen LogP contribution is -2.04. The average Bonchev–Trinajstić information content (AvgIpc) is 2.71. The maximum atomic E-state index is 9.50. The summed E-state index contributed by atoms with van der Waals surface area (Å²) in [7, 11) is 3.21. The summed E-state index contributed by atoms with van der Waals surface area (Å²) in [6, 6.07) is 13.6. The van der Waals surface area contributed by atoms with Crippen molar-refractivity contribution >= 4 is 29.0 Å². The van der Waals surface area contributed by atoms with E-state index < -0.39 is 0 Å². The van der Waals surface area contributed by atoms with Crippen molar-refractivity contribution in [3.05, 3.63) is 53.7 Å². The molecule has 28 heavy (non-hydrogen) atoms. The number of fused-ring (bicyclic) bond motifs is 1. The summed E-state index contributed by atoms with van der Waals surface area (Å²) in [6.45, 7) is 3.03. The topological polar surface area (TPSA) is 76.4 Å². The van der Waals surface area contributed by atoms with Gasteiger partial charge in [0.25, 0.3) is 0 Å². The molecule has 0 bridgehead atoms. The Morgan fingerprint density at radius 2 is 1.86 bits per heavy atom. The van der Waals surface area contributed by atoms with Gasteiger partial charge in [0.15, 0.2) is 11.5 Å². The molecule has 0 fully saturated rings. The number of methoxy groups -OCH3 is 2. The van der Waals surface area contributed by atoms with E-state index in [2.05, 4.69) is 16.4 Å². The fraction of sp³-hybridized carbons (Fsp3) is 0.238. The number of hydrogen-bond acceptors (Lipinski definition) is 6. The fourth-order valence-electron chi connectivity index (χ4n) is 2.88. The second kappa shape index (κ2) is 9.67. The summed E-state index contributed by atoms with van der Waals surface area (Å²) in [5.74, 6) is 2.08. The van der Waals surface area contributed by atoms with Crippen molar-refractivity contribution < 1.29 is 14.2 Å². The van der Waals surface area contributed by atoms with Crippen molar-refractivity contribution in [2.75, 3.05) is 26.1 Å². The van der Waals surface area contributed by atoms with E-state index in [1.807, 2.05) is 43.3 Å². The first kappa shape index (κ1) is 21.1. The van der Waals surface area contributed by atoms with Crippen molar-refractivity contribution in [2.24, 2.45) is 0 Å². The van der Waals surface area contributed by atoms with Crippen LogP contribution >= 0.6 is 12.4 Å². The average molecular weight is 400 g/mol. The van der Waals surface area contributed by atoms with Gasteiger partial charge in [0.1, 0.15) is 11.8 Å². The minimum atomic E-state index is 0. The van der Waals surface area contributed by atoms with Crippen LogP contribution in [0.3, 0.4) is 0 Å². The summed E-state index contributed by atoms with van der Waals surface area (Å²) in [6.07, 6.45) is 1.58. The Balaban J connectivity index is 0.00000280. The first-order valence-corrected chi connectivity index (χ1v) is 8.60. The standard InChI is InChI=1S/C21H21N3O3.ClH/c1-4-27-16-6-7-18-17(10-16)21(15(11-22)13-23-18)24-12-14-5-8-19(25-2)20(9-14)26-3;/h5-10,13H,4,12H2,1-3H3,(H,23,24);1H. The third-order valence-corrected chi connectivity index (χ3v) is 4.19. The predicted molar refractivity (Wildman–Crippen MR) is 112 cm³/mol. The highest BCUT2D eigenvalue weighted by molar-refractivity contribution is 5.94. The van der Waals surface area contributed by atoms with E-state index in [9.17, 15) is 5.26 Å². The van der Waals surface area contributed by atoms with E-state index in [4.69, 9.17) is 14.2 Å². The number of hydrogen-bond donors (Lipinski definition) is 1. The number of pyridine rings is 1. The second-order valence-electron chi connectivity index (χ2n) is 5.81. The monoisotopic (exact) mass is 399 g/mol. The molecule has 0 saturated heterocycles. The number of nitriles is 1. The van der Waals surface area contributed by atoms with E-state index in [1.165, 1.54) is 0 Å². The van der Waals surface area contributed by atoms with Crippen LogP contribution in [0.25, 0.3) is 10.9 Å². The Labute approximate surface area is 170 Å². The molecule has 0 amide bonds. The van der Waals surface area contributed by atoms with E-state index in [0.717, 1.165) is 27.9 Å². The number of rotatable bonds is 7. The van der Waals surface area contributed by atoms with Gasteiger partial charge in [-0.1, -0.05) is 6.07 Å². The lowest BCUT2D eigenvalue weighted by atomic mass is 10.1. The van der Waals surface area contributed by atoms with E-state index in [0.29, 0.717) is 30.2 Å². The molecule has 3 aromatic rings. The number of nitrogens with zero attached hydrogens (tertiary/aromatic N) is 2. The zero-order valence-electron chi connectivity index (χ0n) is 16.0. The molecule has 1 heterocycles. The predicted octanol–water partition coefficient (Wildman–Crippen LogP) is 4.56. The molecule has 0 atom stereocenters. The Morgan fingerprint density at radius 1 is 1.07 bits per heavy atom. The molecule has 7 heteroatoms. The molecule has 0 saturated carbocycles. The SMILES string of the molecule is CCOc1ccc2ncc(C#N)c(NCc3ccc(OC)c(OC)c3)c2c1.Cl. The van der Waals surface area contributed by atoms with Gasteiger partial charge in [-0.2, -0.15) is 5.26 Å². The summed E-state index contributed by atoms with van der Waals surface area (Å²) in [4.78, 5) is 4.36. The Morgan fingerprint density at radius 3 is 2.54 bits per heavy atom. The Hall–Kier alpha value is -3.17. The van der Waals surface area contributed by atoms with Crippen LogP contribution in [0.4, 0.5) is 5.69 Å². The smallest absolute Gasteiger partial charge is 0.161 e. The third kappa shape index (κ3) is 4.38. The van der Waals surface area contributed by atoms with Gasteiger partial charge in [-0.3, -0.25) is 4.98 Å². The maximum absolute atomic E-state index is 9.50. The summed E-state index contributed by atoms with van der Waals surface area (Å²) in [5, 5.41) is 13.7. The van der Waals surface area contributed by atoms with Gasteiger partial charge in [0.05, 0.1) is 37.6 Å². The Kier molecular flexibility index (Phi) is 7.30. The van der Waals surface area contributed by atoms with Crippen molar-refractivity contribution in [1.82, 2.24) is 4.98 Å². The number of benzene rings is 2. The molecule has 0 aliphatic rings. The third-order valence-electron chi connectivity index (χ3n) is 4.19. The molecule has 0 radical (unpaired) electrons. The maximum Gasteiger partial charge on any atom is 0.161 e. The molecule has 0 aliphatic carbocycles. The highest BCUT2D eigenvalue weighted by Crippen LogP contribution is 2.31. The lowest BCUT2D eigenvalue weighted by Gasteiger charge is -2.14. The van der Waals surface area contributed by atoms with Gasteiger partial charge in [-0.25, -0.2) is 0 Å². The van der Waals surface area contributed by atoms with E-state index >= 15 is 0 Å². The number of halogens is 1. The summed E-state index contributed by atoms with van der Waals surface area (Å²) in [5.41, 5.74) is 3.02. The highest BCUT2D eigenvalue weighted by atomic mass is 35.5. The van der Waals surface area contributed by atoms with Gasteiger partial charge in [-0.05, 0) is 42.8 Å². The van der Waals surface area contributed by atoms with E-state index in [1.54, 1.807) is 20.4 Å². The number of anilines is 1. The normalized spacial score (nSPS) is 9.93. The van der Waals surface area contributed by atoms with Crippen molar-refractivity contribution in [3.8, 4) is 23.3 Å². The largest absolute Gasteiger partial charge is 0.494 e. The summed E-state index contributed by atoms with van der Waals surface area (Å²) >= 11 is 0. The van der Waals surface area contributed by atoms with Crippen LogP contribution in [-0.4, -0.2) is 25.8 Å². The zero-order chi connectivity index (χ0) is 19.2. The van der Waals surface area contributed by atoms with Crippen LogP contribution in [0.5, 0.6) is 17.2 Å². The molecular formula is C21H22ClN3O3. The fourth-order valence-corrected chi connectivity index (χ4v) is 2.88. The van der Waals surface area contributed by atoms with Crippen LogP contribution in [0, 0.1) is 11.3 Å². The van der Waals surface area contributed by atoms with Gasteiger partial charge in [-0.15, -0.1) is 12.4 Å². The van der Waals surface area contributed by atoms with Crippen LogP contribution in [-0.2, 0) is 6.54 Å². The van der Waals surface area contributed by atoms with Crippen LogP contribution in [0.2, 0.25) is 0 Å². The quantitative estimate of drug-likeness (QED) is 0.627. The molecule has 1 N–H and O–H groups in total. The molecule has 1 aromatic heterocycles. The van der Waals surface area contributed by atoms with Crippen molar-refractivity contribution in [2.45, 2.75) is 13.5 Å². The molecule has 146 valence electrons. The van der Waals surface area contributed by atoms with Gasteiger partial charge in [0, 0.05) is 18.1 Å². The number of aromatic nitrogens is 1. The van der Waals surface area contributed by atoms with Crippen LogP contribution < -0.4 is 19.5 Å². The van der Waals surface area contributed by atoms with Crippen molar-refractivity contribution in [3.63, 3.8) is 0 Å². The van der Waals surface area contributed by atoms with E-state index in [-0.39, 0.29) is 12.4 Å². The van der Waals surface area contributed by atoms with Gasteiger partial charge >= 0.3 is 0 Å². The highest BCUT2D eigenvalue weighted by Gasteiger charge is 2.11. The number of ether oxygens (including phenoxy) is 3. The van der Waals surface area contributed by atoms with Gasteiger partial charge in [0.2, 0.25) is 0 Å². The first-order chi connectivity index (χ1) is 13.2. The molecular weight excluding hydrogens is 378 g/mol. The minimum absolute atomic E-state index is 0. The van der Waals surface area contributed by atoms with Crippen LogP contribution in [0.1, 0.15) is 18.1 Å². The molecule has 6 nitrogen and oxygen atoms in total. The molecule has 2 aromatic carbocycles. The molecule has 0 aliphatic heterocycles. The first-order valence-electron chi connectivity index (χ1n) is 8.60. The van der Waals surface area contributed by atoms with Gasteiger partial charge < -0.3 is 19.5 Å². The molecule has 3 rings (SSSR count). The van der Waals surface area contributed by atoms with Crippen molar-refractivity contribution in [1.29, 1.82) is 5.26 Å². The molecule has 0 unspecified atom stereocenters. The second-order valence-corrected chi connectivity index (χ2v) is 5.81. The zero-order valence-corrected chi connectivity index (χ0v) is 16.8. The molecule has 0 spiro atoms. The Bertz CT molecular complexity index is 1000. The summed E-state index contributed by atoms with van der Waals surface area (Å²) < 4.78 is 16.2.